The molecule has 0 spiro atoms. The Morgan fingerprint density at radius 3 is 2.53 bits per heavy atom. The molecule has 204 valence electrons. The Hall–Kier alpha value is -3.64. The minimum absolute atomic E-state index is 0.117. The smallest absolute Gasteiger partial charge is 0.414 e. The fourth-order valence-corrected chi connectivity index (χ4v) is 4.88. The molecule has 0 radical (unpaired) electrons. The van der Waals surface area contributed by atoms with Gasteiger partial charge in [-0.2, -0.15) is 0 Å². The van der Waals surface area contributed by atoms with Crippen LogP contribution in [0.5, 0.6) is 0 Å². The Kier molecular flexibility index (Phi) is 7.79. The second-order valence-corrected chi connectivity index (χ2v) is 9.62. The molecule has 4 heterocycles. The van der Waals surface area contributed by atoms with Gasteiger partial charge in [0, 0.05) is 46.2 Å². The average molecular weight is 530 g/mol. The summed E-state index contributed by atoms with van der Waals surface area (Å²) in [4.78, 5) is 43.3. The van der Waals surface area contributed by atoms with E-state index in [1.807, 2.05) is 11.0 Å². The SMILES string of the molecule is CC(=O)NC[C@H]1CN(c2ccc(N3CCN(Cc4ccc(C(=O)N5CCOCC5)o4)CC3)c(F)c2)C(=O)O1. The predicted octanol–water partition coefficient (Wildman–Crippen LogP) is 1.67. The highest BCUT2D eigenvalue weighted by Gasteiger charge is 2.33. The van der Waals surface area contributed by atoms with Crippen LogP contribution in [0.4, 0.5) is 20.6 Å². The number of carbonyl (C=O) groups is 3. The van der Waals surface area contributed by atoms with Crippen molar-refractivity contribution in [1.29, 1.82) is 0 Å². The van der Waals surface area contributed by atoms with Crippen LogP contribution in [-0.2, 0) is 20.8 Å². The lowest BCUT2D eigenvalue weighted by Crippen LogP contribution is -2.46. The number of amides is 3. The Balaban J connectivity index is 1.13. The van der Waals surface area contributed by atoms with Gasteiger partial charge in [0.15, 0.2) is 5.76 Å². The molecule has 3 amide bonds. The summed E-state index contributed by atoms with van der Waals surface area (Å²) < 4.78 is 31.5. The number of nitrogens with one attached hydrogen (secondary N) is 1. The fourth-order valence-electron chi connectivity index (χ4n) is 4.88. The Morgan fingerprint density at radius 2 is 1.82 bits per heavy atom. The normalized spacial score (nSPS) is 20.5. The Morgan fingerprint density at radius 1 is 1.05 bits per heavy atom. The van der Waals surface area contributed by atoms with Crippen molar-refractivity contribution >= 4 is 29.3 Å². The molecule has 1 aromatic heterocycles. The monoisotopic (exact) mass is 529 g/mol. The number of rotatable bonds is 7. The number of piperazine rings is 1. The first-order valence-electron chi connectivity index (χ1n) is 12.8. The zero-order chi connectivity index (χ0) is 26.6. The molecule has 3 fully saturated rings. The zero-order valence-electron chi connectivity index (χ0n) is 21.4. The van der Waals surface area contributed by atoms with Crippen LogP contribution in [0.1, 0.15) is 23.2 Å². The number of furan rings is 1. The first-order chi connectivity index (χ1) is 18.4. The molecule has 0 saturated carbocycles. The van der Waals surface area contributed by atoms with Crippen LogP contribution in [0.3, 0.4) is 0 Å². The van der Waals surface area contributed by atoms with Crippen molar-refractivity contribution in [3.63, 3.8) is 0 Å². The van der Waals surface area contributed by atoms with Gasteiger partial charge in [0.05, 0.1) is 44.2 Å². The molecule has 3 saturated heterocycles. The molecule has 1 N–H and O–H groups in total. The molecule has 5 rings (SSSR count). The maximum Gasteiger partial charge on any atom is 0.414 e. The predicted molar refractivity (Wildman–Crippen MR) is 136 cm³/mol. The number of halogens is 1. The van der Waals surface area contributed by atoms with Crippen LogP contribution in [-0.4, -0.2) is 99.4 Å². The third-order valence-corrected chi connectivity index (χ3v) is 6.96. The molecule has 2 aromatic rings. The lowest BCUT2D eigenvalue weighted by molar-refractivity contribution is -0.119. The van der Waals surface area contributed by atoms with E-state index < -0.39 is 18.0 Å². The lowest BCUT2D eigenvalue weighted by atomic mass is 10.2. The lowest BCUT2D eigenvalue weighted by Gasteiger charge is -2.36. The third-order valence-electron chi connectivity index (χ3n) is 6.96. The molecule has 12 heteroatoms. The van der Waals surface area contributed by atoms with Crippen molar-refractivity contribution in [2.75, 3.05) is 75.4 Å². The van der Waals surface area contributed by atoms with Crippen LogP contribution >= 0.6 is 0 Å². The molecule has 0 bridgehead atoms. The highest BCUT2D eigenvalue weighted by molar-refractivity contribution is 5.91. The number of nitrogens with zero attached hydrogens (tertiary/aromatic N) is 4. The van der Waals surface area contributed by atoms with E-state index in [1.165, 1.54) is 17.9 Å². The van der Waals surface area contributed by atoms with Gasteiger partial charge in [-0.1, -0.05) is 0 Å². The summed E-state index contributed by atoms with van der Waals surface area (Å²) in [7, 11) is 0. The topological polar surface area (TPSA) is 108 Å². The number of hydrogen-bond acceptors (Lipinski definition) is 8. The van der Waals surface area contributed by atoms with Crippen molar-refractivity contribution in [3.05, 3.63) is 47.7 Å². The van der Waals surface area contributed by atoms with Gasteiger partial charge in [-0.05, 0) is 30.3 Å². The van der Waals surface area contributed by atoms with Crippen LogP contribution in [0.15, 0.2) is 34.7 Å². The van der Waals surface area contributed by atoms with Crippen LogP contribution < -0.4 is 15.1 Å². The summed E-state index contributed by atoms with van der Waals surface area (Å²) in [5, 5.41) is 2.63. The molecule has 1 aromatic carbocycles. The maximum absolute atomic E-state index is 15.1. The number of anilines is 2. The van der Waals surface area contributed by atoms with E-state index in [0.717, 1.165) is 5.76 Å². The fraction of sp³-hybridized carbons (Fsp3) is 0.500. The Labute approximate surface area is 220 Å². The van der Waals surface area contributed by atoms with Gasteiger partial charge in [0.2, 0.25) is 5.91 Å². The van der Waals surface area contributed by atoms with Gasteiger partial charge in [-0.3, -0.25) is 19.4 Å². The standard InChI is InChI=1S/C26H32FN5O6/c1-18(33)28-15-21-17-32(26(35)38-21)19-2-4-23(22(27)14-19)30-8-6-29(7-9-30)16-20-3-5-24(37-20)25(34)31-10-12-36-13-11-31/h2-5,14,21H,6-13,15-17H2,1H3,(H,28,33)/t21-/m0/s1. The highest BCUT2D eigenvalue weighted by Crippen LogP contribution is 2.29. The summed E-state index contributed by atoms with van der Waals surface area (Å²) >= 11 is 0. The van der Waals surface area contributed by atoms with E-state index >= 15 is 4.39 Å². The van der Waals surface area contributed by atoms with E-state index in [-0.39, 0.29) is 24.9 Å². The number of carbonyl (C=O) groups excluding carboxylic acids is 3. The first kappa shape index (κ1) is 26.0. The van der Waals surface area contributed by atoms with Crippen molar-refractivity contribution in [2.24, 2.45) is 0 Å². The summed E-state index contributed by atoms with van der Waals surface area (Å²) in [6, 6.07) is 8.30. The zero-order valence-corrected chi connectivity index (χ0v) is 21.4. The number of morpholine rings is 1. The summed E-state index contributed by atoms with van der Waals surface area (Å²) in [6.45, 7) is 7.29. The van der Waals surface area contributed by atoms with Gasteiger partial charge >= 0.3 is 6.09 Å². The number of ether oxygens (including phenoxy) is 2. The van der Waals surface area contributed by atoms with Gasteiger partial charge < -0.3 is 29.0 Å². The first-order valence-corrected chi connectivity index (χ1v) is 12.8. The van der Waals surface area contributed by atoms with E-state index in [0.29, 0.717) is 76.2 Å². The van der Waals surface area contributed by atoms with Crippen LogP contribution in [0.25, 0.3) is 0 Å². The van der Waals surface area contributed by atoms with Crippen molar-refractivity contribution in [2.45, 2.75) is 19.6 Å². The van der Waals surface area contributed by atoms with Gasteiger partial charge in [-0.15, -0.1) is 0 Å². The van der Waals surface area contributed by atoms with Gasteiger partial charge in [-0.25, -0.2) is 9.18 Å². The summed E-state index contributed by atoms with van der Waals surface area (Å²) in [6.07, 6.45) is -1.04. The summed E-state index contributed by atoms with van der Waals surface area (Å²) in [5.41, 5.74) is 0.896. The molecule has 11 nitrogen and oxygen atoms in total. The molecular weight excluding hydrogens is 497 g/mol. The molecule has 0 aliphatic carbocycles. The number of hydrogen-bond donors (Lipinski definition) is 1. The van der Waals surface area contributed by atoms with E-state index in [9.17, 15) is 14.4 Å². The Bertz CT molecular complexity index is 1170. The van der Waals surface area contributed by atoms with Crippen LogP contribution in [0.2, 0.25) is 0 Å². The minimum atomic E-state index is -0.561. The van der Waals surface area contributed by atoms with Crippen molar-refractivity contribution in [3.8, 4) is 0 Å². The molecule has 0 unspecified atom stereocenters. The largest absolute Gasteiger partial charge is 0.455 e. The van der Waals surface area contributed by atoms with Crippen LogP contribution in [0, 0.1) is 5.82 Å². The quantitative estimate of drug-likeness (QED) is 0.577. The number of cyclic esters (lactones) is 1. The maximum atomic E-state index is 15.1. The van der Waals surface area contributed by atoms with Crippen molar-refractivity contribution < 1.29 is 32.7 Å². The van der Waals surface area contributed by atoms with Gasteiger partial charge in [0.1, 0.15) is 17.7 Å². The molecular formula is C26H32FN5O6. The molecule has 3 aliphatic rings. The van der Waals surface area contributed by atoms with Gasteiger partial charge in [0.25, 0.3) is 5.91 Å². The average Bonchev–Trinajstić information content (AvgIpc) is 3.54. The third kappa shape index (κ3) is 5.91. The number of benzene rings is 1. The minimum Gasteiger partial charge on any atom is -0.455 e. The summed E-state index contributed by atoms with van der Waals surface area (Å²) in [5.74, 6) is 0.328. The van der Waals surface area contributed by atoms with E-state index in [1.54, 1.807) is 23.1 Å². The molecule has 1 atom stereocenters. The molecule has 38 heavy (non-hydrogen) atoms. The van der Waals surface area contributed by atoms with E-state index in [2.05, 4.69) is 10.2 Å². The molecule has 3 aliphatic heterocycles. The second kappa shape index (κ2) is 11.4. The second-order valence-electron chi connectivity index (χ2n) is 9.62. The van der Waals surface area contributed by atoms with Crippen molar-refractivity contribution in [1.82, 2.24) is 15.1 Å². The highest BCUT2D eigenvalue weighted by atomic mass is 19.1. The van der Waals surface area contributed by atoms with E-state index in [4.69, 9.17) is 13.9 Å².